The third-order valence-electron chi connectivity index (χ3n) is 5.18. The smallest absolute Gasteiger partial charge is 0.407 e. The lowest BCUT2D eigenvalue weighted by Gasteiger charge is -2.29. The van der Waals surface area contributed by atoms with Crippen LogP contribution in [0.2, 0.25) is 0 Å². The van der Waals surface area contributed by atoms with E-state index in [4.69, 9.17) is 4.74 Å². The molecule has 0 heterocycles. The standard InChI is InChI=1S/C21H31NO3/c1-3-8-18(13-14-19-16(2)9-7-12-20(19)23)22-21(24)25-15-17-10-5-4-6-11-17/h4-6,10-11,16,18-19H,3,7-9,12-15H2,1-2H3,(H,22,24)/t16-,18+,19?/m0/s1. The fraction of sp³-hybridized carbons (Fsp3) is 0.619. The van der Waals surface area contributed by atoms with Gasteiger partial charge in [0.05, 0.1) is 0 Å². The maximum Gasteiger partial charge on any atom is 0.407 e. The monoisotopic (exact) mass is 345 g/mol. The van der Waals surface area contributed by atoms with Gasteiger partial charge in [-0.05, 0) is 43.6 Å². The minimum atomic E-state index is -0.370. The molecule has 1 amide bonds. The molecule has 2 rings (SSSR count). The molecule has 0 saturated heterocycles. The van der Waals surface area contributed by atoms with Crippen LogP contribution >= 0.6 is 0 Å². The largest absolute Gasteiger partial charge is 0.445 e. The van der Waals surface area contributed by atoms with Crippen LogP contribution in [0.1, 0.15) is 64.4 Å². The molecule has 1 aromatic rings. The van der Waals surface area contributed by atoms with Crippen molar-refractivity contribution in [1.29, 1.82) is 0 Å². The van der Waals surface area contributed by atoms with Crippen LogP contribution < -0.4 is 5.32 Å². The van der Waals surface area contributed by atoms with Crippen molar-refractivity contribution in [3.8, 4) is 0 Å². The molecule has 1 aliphatic carbocycles. The molecular weight excluding hydrogens is 314 g/mol. The summed E-state index contributed by atoms with van der Waals surface area (Å²) in [7, 11) is 0. The van der Waals surface area contributed by atoms with Gasteiger partial charge in [-0.3, -0.25) is 4.79 Å². The lowest BCUT2D eigenvalue weighted by Crippen LogP contribution is -2.36. The first-order chi connectivity index (χ1) is 12.1. The third-order valence-corrected chi connectivity index (χ3v) is 5.18. The number of carbonyl (C=O) groups excluding carboxylic acids is 2. The number of benzene rings is 1. The quantitative estimate of drug-likeness (QED) is 0.731. The van der Waals surface area contributed by atoms with Crippen LogP contribution in [0.25, 0.3) is 0 Å². The van der Waals surface area contributed by atoms with Crippen molar-refractivity contribution in [2.75, 3.05) is 0 Å². The molecule has 1 fully saturated rings. The van der Waals surface area contributed by atoms with Gasteiger partial charge in [-0.25, -0.2) is 4.79 Å². The zero-order valence-electron chi connectivity index (χ0n) is 15.5. The number of amides is 1. The van der Waals surface area contributed by atoms with Crippen molar-refractivity contribution in [2.45, 2.75) is 71.4 Å². The van der Waals surface area contributed by atoms with E-state index in [1.54, 1.807) is 0 Å². The molecule has 1 saturated carbocycles. The summed E-state index contributed by atoms with van der Waals surface area (Å²) in [5.74, 6) is 1.03. The number of nitrogens with one attached hydrogen (secondary N) is 1. The molecule has 0 radical (unpaired) electrons. The van der Waals surface area contributed by atoms with Crippen LogP contribution in [0, 0.1) is 11.8 Å². The molecule has 4 nitrogen and oxygen atoms in total. The highest BCUT2D eigenvalue weighted by Crippen LogP contribution is 2.30. The van der Waals surface area contributed by atoms with Gasteiger partial charge in [0.1, 0.15) is 12.4 Å². The maximum absolute atomic E-state index is 12.1. The highest BCUT2D eigenvalue weighted by molar-refractivity contribution is 5.81. The molecule has 4 heteroatoms. The van der Waals surface area contributed by atoms with Crippen LogP contribution in [-0.2, 0) is 16.1 Å². The summed E-state index contributed by atoms with van der Waals surface area (Å²) in [6.07, 6.45) is 6.14. The van der Waals surface area contributed by atoms with E-state index in [1.807, 2.05) is 30.3 Å². The number of ketones is 1. The third kappa shape index (κ3) is 6.52. The Morgan fingerprint density at radius 1 is 1.28 bits per heavy atom. The molecule has 1 aromatic carbocycles. The lowest BCUT2D eigenvalue weighted by molar-refractivity contribution is -0.126. The summed E-state index contributed by atoms with van der Waals surface area (Å²) >= 11 is 0. The van der Waals surface area contributed by atoms with Crippen LogP contribution in [-0.4, -0.2) is 17.9 Å². The molecule has 1 N–H and O–H groups in total. The lowest BCUT2D eigenvalue weighted by atomic mass is 9.76. The van der Waals surface area contributed by atoms with Gasteiger partial charge in [0.25, 0.3) is 0 Å². The highest BCUT2D eigenvalue weighted by Gasteiger charge is 2.29. The SMILES string of the molecule is CCC[C@H](CCC1C(=O)CCC[C@@H]1C)NC(=O)OCc1ccccc1. The van der Waals surface area contributed by atoms with E-state index in [0.717, 1.165) is 50.5 Å². The van der Waals surface area contributed by atoms with E-state index in [0.29, 0.717) is 11.7 Å². The average molecular weight is 345 g/mol. The van der Waals surface area contributed by atoms with Gasteiger partial charge >= 0.3 is 6.09 Å². The van der Waals surface area contributed by atoms with E-state index in [2.05, 4.69) is 19.2 Å². The van der Waals surface area contributed by atoms with Crippen LogP contribution in [0.4, 0.5) is 4.79 Å². The molecule has 0 spiro atoms. The second-order valence-corrected chi connectivity index (χ2v) is 7.21. The topological polar surface area (TPSA) is 55.4 Å². The molecule has 1 unspecified atom stereocenters. The first-order valence-electron chi connectivity index (χ1n) is 9.60. The molecule has 138 valence electrons. The summed E-state index contributed by atoms with van der Waals surface area (Å²) in [6, 6.07) is 9.75. The number of hydrogen-bond donors (Lipinski definition) is 1. The van der Waals surface area contributed by atoms with E-state index in [-0.39, 0.29) is 24.7 Å². The Balaban J connectivity index is 1.78. The van der Waals surface area contributed by atoms with E-state index < -0.39 is 0 Å². The molecule has 25 heavy (non-hydrogen) atoms. The van der Waals surface area contributed by atoms with Crippen molar-refractivity contribution in [2.24, 2.45) is 11.8 Å². The predicted octanol–water partition coefficient (Wildman–Crippen LogP) is 4.87. The number of ether oxygens (including phenoxy) is 1. The fourth-order valence-corrected chi connectivity index (χ4v) is 3.70. The van der Waals surface area contributed by atoms with Crippen LogP contribution in [0.15, 0.2) is 30.3 Å². The van der Waals surface area contributed by atoms with E-state index in [9.17, 15) is 9.59 Å². The van der Waals surface area contributed by atoms with Crippen LogP contribution in [0.3, 0.4) is 0 Å². The van der Waals surface area contributed by atoms with Crippen molar-refractivity contribution < 1.29 is 14.3 Å². The second-order valence-electron chi connectivity index (χ2n) is 7.21. The Kier molecular flexibility index (Phi) is 7.96. The minimum absolute atomic E-state index is 0.0789. The molecular formula is C21H31NO3. The number of rotatable bonds is 8. The van der Waals surface area contributed by atoms with Crippen LogP contribution in [0.5, 0.6) is 0 Å². The van der Waals surface area contributed by atoms with E-state index in [1.165, 1.54) is 0 Å². The minimum Gasteiger partial charge on any atom is -0.445 e. The van der Waals surface area contributed by atoms with Crippen molar-refractivity contribution in [3.05, 3.63) is 35.9 Å². The summed E-state index contributed by atoms with van der Waals surface area (Å²) in [4.78, 5) is 24.2. The highest BCUT2D eigenvalue weighted by atomic mass is 16.5. The molecule has 1 aliphatic rings. The Labute approximate surface area is 151 Å². The summed E-state index contributed by atoms with van der Waals surface area (Å²) < 4.78 is 5.32. The number of Topliss-reactive ketones (excluding diaryl/α,β-unsaturated/α-hetero) is 1. The Morgan fingerprint density at radius 2 is 2.04 bits per heavy atom. The molecule has 0 aliphatic heterocycles. The first-order valence-corrected chi connectivity index (χ1v) is 9.60. The molecule has 0 aromatic heterocycles. The van der Waals surface area contributed by atoms with Crippen molar-refractivity contribution in [1.82, 2.24) is 5.32 Å². The first kappa shape index (κ1) is 19.5. The number of alkyl carbamates (subject to hydrolysis) is 1. The van der Waals surface area contributed by atoms with Gasteiger partial charge in [0.15, 0.2) is 0 Å². The summed E-state index contributed by atoms with van der Waals surface area (Å²) in [6.45, 7) is 4.57. The average Bonchev–Trinajstić information content (AvgIpc) is 2.60. The zero-order valence-corrected chi connectivity index (χ0v) is 15.5. The van der Waals surface area contributed by atoms with Gasteiger partial charge in [-0.2, -0.15) is 0 Å². The number of carbonyl (C=O) groups is 2. The molecule has 3 atom stereocenters. The van der Waals surface area contributed by atoms with Crippen molar-refractivity contribution in [3.63, 3.8) is 0 Å². The van der Waals surface area contributed by atoms with E-state index >= 15 is 0 Å². The Hall–Kier alpha value is -1.84. The normalized spacial score (nSPS) is 21.6. The van der Waals surface area contributed by atoms with Gasteiger partial charge in [-0.1, -0.05) is 50.6 Å². The zero-order chi connectivity index (χ0) is 18.1. The molecule has 0 bridgehead atoms. The van der Waals surface area contributed by atoms with Gasteiger partial charge < -0.3 is 10.1 Å². The van der Waals surface area contributed by atoms with Gasteiger partial charge in [0, 0.05) is 18.4 Å². The summed E-state index contributed by atoms with van der Waals surface area (Å²) in [5.41, 5.74) is 0.978. The Bertz CT molecular complexity index is 543. The summed E-state index contributed by atoms with van der Waals surface area (Å²) in [5, 5.41) is 2.98. The van der Waals surface area contributed by atoms with Gasteiger partial charge in [-0.15, -0.1) is 0 Å². The van der Waals surface area contributed by atoms with Crippen molar-refractivity contribution >= 4 is 11.9 Å². The fourth-order valence-electron chi connectivity index (χ4n) is 3.70. The van der Waals surface area contributed by atoms with Gasteiger partial charge in [0.2, 0.25) is 0 Å². The number of hydrogen-bond acceptors (Lipinski definition) is 3. The maximum atomic E-state index is 12.1. The Morgan fingerprint density at radius 3 is 2.72 bits per heavy atom. The predicted molar refractivity (Wildman–Crippen MR) is 99.2 cm³/mol. The second kappa shape index (κ2) is 10.2.